The number of carbonyl (C=O) groups is 3. The minimum Gasteiger partial charge on any atom is -0.465 e. The van der Waals surface area contributed by atoms with Crippen LogP contribution in [0.4, 0.5) is 4.79 Å². The largest absolute Gasteiger partial charge is 0.465 e. The Morgan fingerprint density at radius 3 is 2.66 bits per heavy atom. The SMILES string of the molecule is CNC(=O)c1cc(C(=O)NCCC2CN(C(=O)O)CCO2)cc(CCc2ccccc2)n1. The van der Waals surface area contributed by atoms with Crippen LogP contribution in [0, 0.1) is 0 Å². The molecule has 2 aromatic rings. The third-order valence-electron chi connectivity index (χ3n) is 5.27. The topological polar surface area (TPSA) is 121 Å². The minimum absolute atomic E-state index is 0.191. The summed E-state index contributed by atoms with van der Waals surface area (Å²) in [6.07, 6.45) is 0.592. The van der Waals surface area contributed by atoms with Gasteiger partial charge in [0, 0.05) is 31.4 Å². The van der Waals surface area contributed by atoms with Crippen LogP contribution in [0.25, 0.3) is 0 Å². The van der Waals surface area contributed by atoms with E-state index in [0.717, 1.165) is 12.0 Å². The lowest BCUT2D eigenvalue weighted by Gasteiger charge is -2.31. The summed E-state index contributed by atoms with van der Waals surface area (Å²) in [5.74, 6) is -0.672. The van der Waals surface area contributed by atoms with Crippen molar-refractivity contribution in [3.05, 3.63) is 65.0 Å². The van der Waals surface area contributed by atoms with Crippen LogP contribution in [0.5, 0.6) is 0 Å². The van der Waals surface area contributed by atoms with Crippen molar-refractivity contribution in [2.75, 3.05) is 33.3 Å². The van der Waals surface area contributed by atoms with Crippen LogP contribution >= 0.6 is 0 Å². The number of hydrogen-bond donors (Lipinski definition) is 3. The molecule has 3 N–H and O–H groups in total. The van der Waals surface area contributed by atoms with E-state index in [4.69, 9.17) is 9.84 Å². The zero-order chi connectivity index (χ0) is 22.9. The number of amides is 3. The van der Waals surface area contributed by atoms with Crippen molar-refractivity contribution in [1.82, 2.24) is 20.5 Å². The minimum atomic E-state index is -0.969. The lowest BCUT2D eigenvalue weighted by molar-refractivity contribution is -0.0247. The van der Waals surface area contributed by atoms with E-state index in [0.29, 0.717) is 43.8 Å². The molecule has 0 spiro atoms. The summed E-state index contributed by atoms with van der Waals surface area (Å²) in [4.78, 5) is 41.7. The third kappa shape index (κ3) is 6.52. The molecule has 32 heavy (non-hydrogen) atoms. The molecule has 1 aliphatic rings. The summed E-state index contributed by atoms with van der Waals surface area (Å²) < 4.78 is 5.58. The molecule has 3 rings (SSSR count). The van der Waals surface area contributed by atoms with Gasteiger partial charge < -0.3 is 25.4 Å². The van der Waals surface area contributed by atoms with Gasteiger partial charge in [0.1, 0.15) is 5.69 Å². The van der Waals surface area contributed by atoms with Crippen molar-refractivity contribution < 1.29 is 24.2 Å². The molecule has 2 heterocycles. The number of benzene rings is 1. The standard InChI is InChI=1S/C23H28N4O5/c1-24-22(29)20-14-17(13-18(26-20)8-7-16-5-3-2-4-6-16)21(28)25-10-9-19-15-27(23(30)31)11-12-32-19/h2-6,13-14,19H,7-12,15H2,1H3,(H,24,29)(H,25,28)(H,30,31). The Balaban J connectivity index is 1.62. The smallest absolute Gasteiger partial charge is 0.407 e. The van der Waals surface area contributed by atoms with Gasteiger partial charge in [-0.1, -0.05) is 30.3 Å². The number of aromatic nitrogens is 1. The van der Waals surface area contributed by atoms with Crippen molar-refractivity contribution in [3.8, 4) is 0 Å². The number of morpholine rings is 1. The molecule has 1 fully saturated rings. The van der Waals surface area contributed by atoms with E-state index in [1.54, 1.807) is 6.07 Å². The van der Waals surface area contributed by atoms with Gasteiger partial charge in [0.15, 0.2) is 0 Å². The average Bonchev–Trinajstić information content (AvgIpc) is 2.82. The van der Waals surface area contributed by atoms with Gasteiger partial charge in [-0.3, -0.25) is 9.59 Å². The van der Waals surface area contributed by atoms with Crippen LogP contribution < -0.4 is 10.6 Å². The Labute approximate surface area is 186 Å². The van der Waals surface area contributed by atoms with E-state index in [1.165, 1.54) is 18.0 Å². The molecule has 0 bridgehead atoms. The molecule has 9 heteroatoms. The van der Waals surface area contributed by atoms with Crippen LogP contribution in [0.2, 0.25) is 0 Å². The molecular weight excluding hydrogens is 412 g/mol. The number of ether oxygens (including phenoxy) is 1. The lowest BCUT2D eigenvalue weighted by Crippen LogP contribution is -2.46. The first kappa shape index (κ1) is 23.2. The van der Waals surface area contributed by atoms with Crippen LogP contribution in [-0.4, -0.2) is 72.3 Å². The Hall–Kier alpha value is -3.46. The summed E-state index contributed by atoms with van der Waals surface area (Å²) >= 11 is 0. The first-order valence-corrected chi connectivity index (χ1v) is 10.6. The van der Waals surface area contributed by atoms with Gasteiger partial charge in [-0.05, 0) is 37.0 Å². The van der Waals surface area contributed by atoms with Gasteiger partial charge in [0.2, 0.25) is 0 Å². The number of hydrogen-bond acceptors (Lipinski definition) is 5. The second-order valence-electron chi connectivity index (χ2n) is 7.56. The van der Waals surface area contributed by atoms with Gasteiger partial charge >= 0.3 is 6.09 Å². The molecule has 0 saturated carbocycles. The van der Waals surface area contributed by atoms with Crippen LogP contribution in [0.3, 0.4) is 0 Å². The third-order valence-corrected chi connectivity index (χ3v) is 5.27. The molecule has 1 atom stereocenters. The highest BCUT2D eigenvalue weighted by Crippen LogP contribution is 2.12. The van der Waals surface area contributed by atoms with Crippen molar-refractivity contribution in [3.63, 3.8) is 0 Å². The fourth-order valence-corrected chi connectivity index (χ4v) is 3.52. The first-order chi connectivity index (χ1) is 15.5. The van der Waals surface area contributed by atoms with Crippen molar-refractivity contribution in [2.24, 2.45) is 0 Å². The van der Waals surface area contributed by atoms with Gasteiger partial charge in [-0.2, -0.15) is 0 Å². The normalized spacial score (nSPS) is 15.8. The van der Waals surface area contributed by atoms with Gasteiger partial charge in [-0.15, -0.1) is 0 Å². The van der Waals surface area contributed by atoms with E-state index >= 15 is 0 Å². The average molecular weight is 441 g/mol. The first-order valence-electron chi connectivity index (χ1n) is 10.6. The highest BCUT2D eigenvalue weighted by Gasteiger charge is 2.23. The van der Waals surface area contributed by atoms with Gasteiger partial charge in [0.25, 0.3) is 11.8 Å². The Morgan fingerprint density at radius 1 is 1.16 bits per heavy atom. The zero-order valence-corrected chi connectivity index (χ0v) is 18.0. The molecule has 1 unspecified atom stereocenters. The number of nitrogens with zero attached hydrogens (tertiary/aromatic N) is 2. The summed E-state index contributed by atoms with van der Waals surface area (Å²) in [5, 5.41) is 14.5. The van der Waals surface area contributed by atoms with Crippen molar-refractivity contribution >= 4 is 17.9 Å². The molecule has 9 nitrogen and oxygen atoms in total. The summed E-state index contributed by atoms with van der Waals surface area (Å²) in [7, 11) is 1.52. The number of carboxylic acid groups (broad SMARTS) is 1. The van der Waals surface area contributed by atoms with E-state index in [1.807, 2.05) is 30.3 Å². The number of rotatable bonds is 8. The van der Waals surface area contributed by atoms with E-state index in [9.17, 15) is 14.4 Å². The molecular formula is C23H28N4O5. The highest BCUT2D eigenvalue weighted by atomic mass is 16.5. The quantitative estimate of drug-likeness (QED) is 0.575. The Bertz CT molecular complexity index is 951. The molecule has 1 aromatic carbocycles. The molecule has 0 radical (unpaired) electrons. The maximum atomic E-state index is 12.7. The maximum absolute atomic E-state index is 12.7. The van der Waals surface area contributed by atoms with Crippen LogP contribution in [-0.2, 0) is 17.6 Å². The molecule has 1 aromatic heterocycles. The maximum Gasteiger partial charge on any atom is 0.407 e. The van der Waals surface area contributed by atoms with Crippen molar-refractivity contribution in [1.29, 1.82) is 0 Å². The van der Waals surface area contributed by atoms with E-state index in [2.05, 4.69) is 15.6 Å². The molecule has 1 saturated heterocycles. The van der Waals surface area contributed by atoms with Gasteiger partial charge in [0.05, 0.1) is 19.3 Å². The predicted octanol–water partition coefficient (Wildman–Crippen LogP) is 1.73. The highest BCUT2D eigenvalue weighted by molar-refractivity contribution is 5.98. The second kappa shape index (κ2) is 11.2. The molecule has 0 aliphatic carbocycles. The summed E-state index contributed by atoms with van der Waals surface area (Å²) in [6.45, 7) is 1.30. The monoisotopic (exact) mass is 440 g/mol. The molecule has 3 amide bonds. The Kier molecular flexibility index (Phi) is 8.15. The number of pyridine rings is 1. The number of carbonyl (C=O) groups excluding carboxylic acids is 2. The lowest BCUT2D eigenvalue weighted by atomic mass is 10.1. The predicted molar refractivity (Wildman–Crippen MR) is 118 cm³/mol. The summed E-state index contributed by atoms with van der Waals surface area (Å²) in [5.41, 5.74) is 2.36. The molecule has 170 valence electrons. The molecule has 1 aliphatic heterocycles. The van der Waals surface area contributed by atoms with E-state index < -0.39 is 6.09 Å². The fraction of sp³-hybridized carbons (Fsp3) is 0.391. The summed E-state index contributed by atoms with van der Waals surface area (Å²) in [6, 6.07) is 13.1. The van der Waals surface area contributed by atoms with Crippen LogP contribution in [0.15, 0.2) is 42.5 Å². The Morgan fingerprint density at radius 2 is 1.94 bits per heavy atom. The fourth-order valence-electron chi connectivity index (χ4n) is 3.52. The number of nitrogens with one attached hydrogen (secondary N) is 2. The van der Waals surface area contributed by atoms with E-state index in [-0.39, 0.29) is 30.2 Å². The zero-order valence-electron chi connectivity index (χ0n) is 18.0. The van der Waals surface area contributed by atoms with Gasteiger partial charge in [-0.25, -0.2) is 9.78 Å². The number of aryl methyl sites for hydroxylation is 2. The second-order valence-corrected chi connectivity index (χ2v) is 7.56. The van der Waals surface area contributed by atoms with Crippen LogP contribution in [0.1, 0.15) is 38.5 Å². The van der Waals surface area contributed by atoms with Crippen molar-refractivity contribution in [2.45, 2.75) is 25.4 Å².